The van der Waals surface area contributed by atoms with Crippen molar-refractivity contribution >= 4 is 34.8 Å². The van der Waals surface area contributed by atoms with Gasteiger partial charge in [-0.25, -0.2) is 0 Å². The van der Waals surface area contributed by atoms with Crippen LogP contribution < -0.4 is 10.1 Å². The minimum Gasteiger partial charge on any atom is -0.495 e. The zero-order valence-corrected chi connectivity index (χ0v) is 16.2. The van der Waals surface area contributed by atoms with Crippen LogP contribution in [0.4, 0.5) is 5.69 Å². The Hall–Kier alpha value is -1.75. The standard InChI is InChI=1S/C20H22Cl2N2O2/c1-26-19-7-3-2-6-18(19)23-20(25)15-5-4-10-24(13-15)12-14-8-9-16(21)11-17(14)22/h2-3,6-9,11,15H,4-5,10,12-13H2,1H3,(H,23,25)/t15-/m1/s1. The summed E-state index contributed by atoms with van der Waals surface area (Å²) in [6.07, 6.45) is 1.86. The highest BCUT2D eigenvalue weighted by atomic mass is 35.5. The van der Waals surface area contributed by atoms with E-state index in [1.807, 2.05) is 36.4 Å². The molecule has 1 aliphatic rings. The Morgan fingerprint density at radius 1 is 1.27 bits per heavy atom. The first-order valence-electron chi connectivity index (χ1n) is 8.67. The number of nitrogens with one attached hydrogen (secondary N) is 1. The summed E-state index contributed by atoms with van der Waals surface area (Å²) in [5.74, 6) is 0.641. The SMILES string of the molecule is COc1ccccc1NC(=O)[C@@H]1CCCN(Cc2ccc(Cl)cc2Cl)C1. The van der Waals surface area contributed by atoms with Gasteiger partial charge in [-0.15, -0.1) is 0 Å². The molecule has 0 radical (unpaired) electrons. The lowest BCUT2D eigenvalue weighted by molar-refractivity contribution is -0.121. The van der Waals surface area contributed by atoms with Crippen molar-refractivity contribution < 1.29 is 9.53 Å². The smallest absolute Gasteiger partial charge is 0.228 e. The number of hydrogen-bond donors (Lipinski definition) is 1. The van der Waals surface area contributed by atoms with E-state index in [1.54, 1.807) is 13.2 Å². The molecule has 1 atom stereocenters. The van der Waals surface area contributed by atoms with Gasteiger partial charge in [0, 0.05) is 23.1 Å². The quantitative estimate of drug-likeness (QED) is 0.790. The number of hydrogen-bond acceptors (Lipinski definition) is 3. The first-order chi connectivity index (χ1) is 12.6. The molecule has 1 N–H and O–H groups in total. The Morgan fingerprint density at radius 2 is 2.08 bits per heavy atom. The Labute approximate surface area is 164 Å². The minimum absolute atomic E-state index is 0.0291. The number of amides is 1. The number of rotatable bonds is 5. The first kappa shape index (κ1) is 19.0. The van der Waals surface area contributed by atoms with Crippen LogP contribution >= 0.6 is 23.2 Å². The van der Waals surface area contributed by atoms with Gasteiger partial charge in [-0.1, -0.05) is 41.4 Å². The summed E-state index contributed by atoms with van der Waals surface area (Å²) in [6, 6.07) is 13.0. The van der Waals surface area contributed by atoms with Crippen molar-refractivity contribution in [1.82, 2.24) is 4.90 Å². The molecule has 2 aromatic rings. The van der Waals surface area contributed by atoms with E-state index in [2.05, 4.69) is 10.2 Å². The first-order valence-corrected chi connectivity index (χ1v) is 9.42. The molecule has 0 aromatic heterocycles. The second-order valence-electron chi connectivity index (χ2n) is 6.50. The summed E-state index contributed by atoms with van der Waals surface area (Å²) in [5, 5.41) is 4.30. The lowest BCUT2D eigenvalue weighted by Crippen LogP contribution is -2.40. The molecule has 6 heteroatoms. The molecule has 0 saturated carbocycles. The van der Waals surface area contributed by atoms with Crippen LogP contribution in [0.2, 0.25) is 10.0 Å². The molecule has 0 aliphatic carbocycles. The maximum absolute atomic E-state index is 12.7. The van der Waals surface area contributed by atoms with Crippen molar-refractivity contribution in [2.45, 2.75) is 19.4 Å². The Kier molecular flexibility index (Phi) is 6.41. The molecule has 26 heavy (non-hydrogen) atoms. The number of halogens is 2. The second kappa shape index (κ2) is 8.76. The number of benzene rings is 2. The van der Waals surface area contributed by atoms with Crippen LogP contribution in [0, 0.1) is 5.92 Å². The zero-order valence-electron chi connectivity index (χ0n) is 14.7. The number of ether oxygens (including phenoxy) is 1. The topological polar surface area (TPSA) is 41.6 Å². The van der Waals surface area contributed by atoms with Gasteiger partial charge in [-0.05, 0) is 49.2 Å². The molecule has 0 spiro atoms. The maximum Gasteiger partial charge on any atom is 0.228 e. The molecule has 3 rings (SSSR count). The van der Waals surface area contributed by atoms with E-state index in [4.69, 9.17) is 27.9 Å². The van der Waals surface area contributed by atoms with E-state index in [9.17, 15) is 4.79 Å². The monoisotopic (exact) mass is 392 g/mol. The molecule has 0 unspecified atom stereocenters. The molecule has 1 fully saturated rings. The molecule has 1 amide bonds. The van der Waals surface area contributed by atoms with Crippen LogP contribution in [0.25, 0.3) is 0 Å². The summed E-state index contributed by atoms with van der Waals surface area (Å²) in [7, 11) is 1.60. The van der Waals surface area contributed by atoms with E-state index in [1.165, 1.54) is 0 Å². The Balaban J connectivity index is 1.63. The van der Waals surface area contributed by atoms with E-state index in [0.29, 0.717) is 34.6 Å². The van der Waals surface area contributed by atoms with Crippen molar-refractivity contribution in [3.8, 4) is 5.75 Å². The van der Waals surface area contributed by atoms with Crippen LogP contribution in [-0.4, -0.2) is 31.0 Å². The minimum atomic E-state index is -0.0558. The van der Waals surface area contributed by atoms with Gasteiger partial charge in [0.1, 0.15) is 5.75 Å². The average Bonchev–Trinajstić information content (AvgIpc) is 2.65. The number of carbonyl (C=O) groups is 1. The number of nitrogens with zero attached hydrogens (tertiary/aromatic N) is 1. The summed E-state index contributed by atoms with van der Waals surface area (Å²) in [4.78, 5) is 15.0. The van der Waals surface area contributed by atoms with Crippen molar-refractivity contribution in [1.29, 1.82) is 0 Å². The zero-order chi connectivity index (χ0) is 18.5. The van der Waals surface area contributed by atoms with Crippen molar-refractivity contribution in [3.63, 3.8) is 0 Å². The highest BCUT2D eigenvalue weighted by Gasteiger charge is 2.26. The van der Waals surface area contributed by atoms with Crippen LogP contribution in [0.5, 0.6) is 5.75 Å². The normalized spacial score (nSPS) is 17.7. The summed E-state index contributed by atoms with van der Waals surface area (Å²) < 4.78 is 5.31. The van der Waals surface area contributed by atoms with E-state index in [-0.39, 0.29) is 11.8 Å². The van der Waals surface area contributed by atoms with Gasteiger partial charge in [0.25, 0.3) is 0 Å². The van der Waals surface area contributed by atoms with Gasteiger partial charge in [0.15, 0.2) is 0 Å². The molecule has 2 aromatic carbocycles. The van der Waals surface area contributed by atoms with Crippen LogP contribution in [0.1, 0.15) is 18.4 Å². The largest absolute Gasteiger partial charge is 0.495 e. The van der Waals surface area contributed by atoms with Gasteiger partial charge in [0.05, 0.1) is 18.7 Å². The maximum atomic E-state index is 12.7. The second-order valence-corrected chi connectivity index (χ2v) is 7.34. The fraction of sp³-hybridized carbons (Fsp3) is 0.350. The van der Waals surface area contributed by atoms with E-state index >= 15 is 0 Å². The third-order valence-electron chi connectivity index (χ3n) is 4.65. The van der Waals surface area contributed by atoms with E-state index < -0.39 is 0 Å². The third kappa shape index (κ3) is 4.70. The lowest BCUT2D eigenvalue weighted by Gasteiger charge is -2.32. The number of methoxy groups -OCH3 is 1. The number of anilines is 1. The van der Waals surface area contributed by atoms with Gasteiger partial charge >= 0.3 is 0 Å². The average molecular weight is 393 g/mol. The molecule has 1 saturated heterocycles. The van der Waals surface area contributed by atoms with E-state index in [0.717, 1.165) is 24.9 Å². The molecule has 0 bridgehead atoms. The van der Waals surface area contributed by atoms with Crippen molar-refractivity contribution in [2.75, 3.05) is 25.5 Å². The Morgan fingerprint density at radius 3 is 2.85 bits per heavy atom. The molecule has 138 valence electrons. The molecule has 4 nitrogen and oxygen atoms in total. The van der Waals surface area contributed by atoms with Crippen LogP contribution in [-0.2, 0) is 11.3 Å². The van der Waals surface area contributed by atoms with Crippen LogP contribution in [0.15, 0.2) is 42.5 Å². The molecule has 1 aliphatic heterocycles. The van der Waals surface area contributed by atoms with Crippen molar-refractivity contribution in [3.05, 3.63) is 58.1 Å². The van der Waals surface area contributed by atoms with Gasteiger partial charge in [-0.2, -0.15) is 0 Å². The van der Waals surface area contributed by atoms with Gasteiger partial charge in [0.2, 0.25) is 5.91 Å². The molecule has 1 heterocycles. The third-order valence-corrected chi connectivity index (χ3v) is 5.24. The summed E-state index contributed by atoms with van der Waals surface area (Å²) in [6.45, 7) is 2.38. The predicted molar refractivity (Wildman–Crippen MR) is 106 cm³/mol. The fourth-order valence-corrected chi connectivity index (χ4v) is 3.75. The number of carbonyl (C=O) groups excluding carboxylic acids is 1. The predicted octanol–water partition coefficient (Wildman–Crippen LogP) is 4.85. The number of likely N-dealkylation sites (tertiary alicyclic amines) is 1. The lowest BCUT2D eigenvalue weighted by atomic mass is 9.96. The summed E-state index contributed by atoms with van der Waals surface area (Å²) in [5.41, 5.74) is 1.74. The highest BCUT2D eigenvalue weighted by molar-refractivity contribution is 6.35. The van der Waals surface area contributed by atoms with Crippen molar-refractivity contribution in [2.24, 2.45) is 5.92 Å². The Bertz CT molecular complexity index is 782. The summed E-state index contributed by atoms with van der Waals surface area (Å²) >= 11 is 12.2. The molecular weight excluding hydrogens is 371 g/mol. The number of para-hydroxylation sites is 2. The van der Waals surface area contributed by atoms with Gasteiger partial charge < -0.3 is 10.1 Å². The van der Waals surface area contributed by atoms with Crippen LogP contribution in [0.3, 0.4) is 0 Å². The molecular formula is C20H22Cl2N2O2. The fourth-order valence-electron chi connectivity index (χ4n) is 3.29. The highest BCUT2D eigenvalue weighted by Crippen LogP contribution is 2.27. The number of piperidine rings is 1. The van der Waals surface area contributed by atoms with Gasteiger partial charge in [-0.3, -0.25) is 9.69 Å².